The number of rotatable bonds is 8. The summed E-state index contributed by atoms with van der Waals surface area (Å²) < 4.78 is 4.97. The van der Waals surface area contributed by atoms with Crippen LogP contribution in [0.15, 0.2) is 0 Å². The first-order valence-electron chi connectivity index (χ1n) is 6.71. The third-order valence-electron chi connectivity index (χ3n) is 3.46. The van der Waals surface area contributed by atoms with Gasteiger partial charge in [0.25, 0.3) is 0 Å². The fourth-order valence-electron chi connectivity index (χ4n) is 2.41. The van der Waals surface area contributed by atoms with Crippen LogP contribution in [0, 0.1) is 0 Å². The molecule has 0 aliphatic heterocycles. The standard InChI is InChI=1S/C13H26N2O2/c1-17-10-6-2-5-9-15-12(16)11-13(14)7-3-4-8-13/h2-11,14H2,1H3,(H,15,16). The Morgan fingerprint density at radius 3 is 2.65 bits per heavy atom. The second-order valence-corrected chi connectivity index (χ2v) is 5.15. The van der Waals surface area contributed by atoms with Gasteiger partial charge in [0, 0.05) is 32.2 Å². The molecule has 4 nitrogen and oxygen atoms in total. The average molecular weight is 242 g/mol. The van der Waals surface area contributed by atoms with Gasteiger partial charge in [-0.1, -0.05) is 12.8 Å². The zero-order valence-corrected chi connectivity index (χ0v) is 11.0. The number of nitrogens with two attached hydrogens (primary N) is 1. The van der Waals surface area contributed by atoms with E-state index < -0.39 is 0 Å². The Labute approximate surface area is 104 Å². The van der Waals surface area contributed by atoms with Gasteiger partial charge >= 0.3 is 0 Å². The smallest absolute Gasteiger partial charge is 0.221 e. The number of methoxy groups -OCH3 is 1. The summed E-state index contributed by atoms with van der Waals surface area (Å²) in [5.74, 6) is 0.112. The SMILES string of the molecule is COCCCCCNC(=O)CC1(N)CCCC1. The Balaban J connectivity index is 2.01. The van der Waals surface area contributed by atoms with Crippen LogP contribution in [0.2, 0.25) is 0 Å². The summed E-state index contributed by atoms with van der Waals surface area (Å²) in [6.45, 7) is 1.57. The second-order valence-electron chi connectivity index (χ2n) is 5.15. The molecule has 0 atom stereocenters. The number of carbonyl (C=O) groups excluding carboxylic acids is 1. The van der Waals surface area contributed by atoms with Crippen LogP contribution >= 0.6 is 0 Å². The number of unbranched alkanes of at least 4 members (excludes halogenated alkanes) is 2. The topological polar surface area (TPSA) is 64.3 Å². The Morgan fingerprint density at radius 1 is 1.29 bits per heavy atom. The van der Waals surface area contributed by atoms with Crippen LogP contribution in [0.3, 0.4) is 0 Å². The zero-order chi connectivity index (χ0) is 12.6. The molecule has 1 aliphatic rings. The van der Waals surface area contributed by atoms with Gasteiger partial charge in [0.2, 0.25) is 5.91 Å². The number of hydrogen-bond donors (Lipinski definition) is 2. The monoisotopic (exact) mass is 242 g/mol. The van der Waals surface area contributed by atoms with E-state index >= 15 is 0 Å². The molecule has 0 bridgehead atoms. The molecule has 0 spiro atoms. The lowest BCUT2D eigenvalue weighted by Gasteiger charge is -2.22. The molecule has 1 saturated carbocycles. The maximum atomic E-state index is 11.7. The highest BCUT2D eigenvalue weighted by Gasteiger charge is 2.31. The van der Waals surface area contributed by atoms with E-state index in [9.17, 15) is 4.79 Å². The van der Waals surface area contributed by atoms with Gasteiger partial charge in [-0.05, 0) is 32.1 Å². The normalized spacial score (nSPS) is 18.2. The lowest BCUT2D eigenvalue weighted by molar-refractivity contribution is -0.122. The van der Waals surface area contributed by atoms with E-state index in [0.29, 0.717) is 6.42 Å². The zero-order valence-electron chi connectivity index (χ0n) is 11.0. The number of amides is 1. The minimum absolute atomic E-state index is 0.112. The molecule has 1 rings (SSSR count). The number of ether oxygens (including phenoxy) is 1. The molecule has 1 amide bonds. The van der Waals surface area contributed by atoms with E-state index in [1.165, 1.54) is 12.8 Å². The van der Waals surface area contributed by atoms with Crippen LogP contribution in [0.25, 0.3) is 0 Å². The van der Waals surface area contributed by atoms with Crippen LogP contribution in [0.5, 0.6) is 0 Å². The second kappa shape index (κ2) is 7.67. The fourth-order valence-corrected chi connectivity index (χ4v) is 2.41. The first-order valence-corrected chi connectivity index (χ1v) is 6.71. The maximum absolute atomic E-state index is 11.7. The summed E-state index contributed by atoms with van der Waals surface area (Å²) in [6, 6.07) is 0. The quantitative estimate of drug-likeness (QED) is 0.635. The van der Waals surface area contributed by atoms with Gasteiger partial charge in [-0.15, -0.1) is 0 Å². The van der Waals surface area contributed by atoms with Crippen LogP contribution in [-0.2, 0) is 9.53 Å². The van der Waals surface area contributed by atoms with Gasteiger partial charge in [-0.2, -0.15) is 0 Å². The minimum atomic E-state index is -0.222. The van der Waals surface area contributed by atoms with Crippen molar-refractivity contribution in [2.45, 2.75) is 56.9 Å². The van der Waals surface area contributed by atoms with Crippen molar-refractivity contribution < 1.29 is 9.53 Å². The largest absolute Gasteiger partial charge is 0.385 e. The van der Waals surface area contributed by atoms with Gasteiger partial charge in [0.15, 0.2) is 0 Å². The molecule has 100 valence electrons. The molecule has 0 radical (unpaired) electrons. The first kappa shape index (κ1) is 14.5. The molecular formula is C13H26N2O2. The summed E-state index contributed by atoms with van der Waals surface area (Å²) in [5, 5.41) is 2.95. The van der Waals surface area contributed by atoms with Crippen LogP contribution in [0.4, 0.5) is 0 Å². The van der Waals surface area contributed by atoms with Crippen molar-refractivity contribution in [2.24, 2.45) is 5.73 Å². The summed E-state index contributed by atoms with van der Waals surface area (Å²) in [4.78, 5) is 11.7. The Kier molecular flexibility index (Phi) is 6.52. The Hall–Kier alpha value is -0.610. The first-order chi connectivity index (χ1) is 8.16. The van der Waals surface area contributed by atoms with E-state index in [0.717, 1.165) is 45.3 Å². The Bertz CT molecular complexity index is 225. The van der Waals surface area contributed by atoms with Crippen molar-refractivity contribution in [3.05, 3.63) is 0 Å². The van der Waals surface area contributed by atoms with Gasteiger partial charge in [-0.3, -0.25) is 4.79 Å². The van der Waals surface area contributed by atoms with Crippen LogP contribution in [0.1, 0.15) is 51.4 Å². The molecular weight excluding hydrogens is 216 g/mol. The number of hydrogen-bond acceptors (Lipinski definition) is 3. The van der Waals surface area contributed by atoms with Gasteiger partial charge < -0.3 is 15.8 Å². The van der Waals surface area contributed by atoms with Crippen LogP contribution in [-0.4, -0.2) is 31.7 Å². The highest BCUT2D eigenvalue weighted by Crippen LogP contribution is 2.29. The molecule has 1 fully saturated rings. The highest BCUT2D eigenvalue weighted by atomic mass is 16.5. The van der Waals surface area contributed by atoms with Crippen molar-refractivity contribution in [3.63, 3.8) is 0 Å². The summed E-state index contributed by atoms with van der Waals surface area (Å²) >= 11 is 0. The summed E-state index contributed by atoms with van der Waals surface area (Å²) in [5.41, 5.74) is 5.93. The predicted octanol–water partition coefficient (Wildman–Crippen LogP) is 1.58. The third-order valence-corrected chi connectivity index (χ3v) is 3.46. The Morgan fingerprint density at radius 2 is 2.00 bits per heavy atom. The molecule has 3 N–H and O–H groups in total. The summed E-state index contributed by atoms with van der Waals surface area (Å²) in [7, 11) is 1.71. The minimum Gasteiger partial charge on any atom is -0.385 e. The van der Waals surface area contributed by atoms with Crippen LogP contribution < -0.4 is 11.1 Å². The highest BCUT2D eigenvalue weighted by molar-refractivity contribution is 5.77. The van der Waals surface area contributed by atoms with Gasteiger partial charge in [0.1, 0.15) is 0 Å². The van der Waals surface area contributed by atoms with Crippen molar-refractivity contribution in [1.29, 1.82) is 0 Å². The van der Waals surface area contributed by atoms with E-state index in [2.05, 4.69) is 5.32 Å². The van der Waals surface area contributed by atoms with Crippen molar-refractivity contribution in [3.8, 4) is 0 Å². The van der Waals surface area contributed by atoms with E-state index in [1.54, 1.807) is 7.11 Å². The van der Waals surface area contributed by atoms with E-state index in [4.69, 9.17) is 10.5 Å². The number of nitrogens with one attached hydrogen (secondary N) is 1. The molecule has 1 aliphatic carbocycles. The summed E-state index contributed by atoms with van der Waals surface area (Å²) in [6.07, 6.45) is 8.00. The van der Waals surface area contributed by atoms with Gasteiger partial charge in [0.05, 0.1) is 0 Å². The molecule has 0 aromatic heterocycles. The lowest BCUT2D eigenvalue weighted by Crippen LogP contribution is -2.42. The molecule has 0 aromatic carbocycles. The molecule has 0 heterocycles. The number of carbonyl (C=O) groups is 1. The van der Waals surface area contributed by atoms with E-state index in [-0.39, 0.29) is 11.4 Å². The lowest BCUT2D eigenvalue weighted by atomic mass is 9.94. The third kappa shape index (κ3) is 6.03. The van der Waals surface area contributed by atoms with Gasteiger partial charge in [-0.25, -0.2) is 0 Å². The molecule has 0 aromatic rings. The van der Waals surface area contributed by atoms with Crippen molar-refractivity contribution in [2.75, 3.05) is 20.3 Å². The molecule has 0 unspecified atom stereocenters. The van der Waals surface area contributed by atoms with Crippen molar-refractivity contribution >= 4 is 5.91 Å². The molecule has 0 saturated heterocycles. The average Bonchev–Trinajstić information content (AvgIpc) is 2.70. The fraction of sp³-hybridized carbons (Fsp3) is 0.923. The van der Waals surface area contributed by atoms with E-state index in [1.807, 2.05) is 0 Å². The molecule has 4 heteroatoms. The maximum Gasteiger partial charge on any atom is 0.221 e. The predicted molar refractivity (Wildman–Crippen MR) is 68.7 cm³/mol. The molecule has 17 heavy (non-hydrogen) atoms. The van der Waals surface area contributed by atoms with Crippen molar-refractivity contribution in [1.82, 2.24) is 5.32 Å².